The van der Waals surface area contributed by atoms with Crippen molar-refractivity contribution in [3.05, 3.63) is 95.1 Å². The van der Waals surface area contributed by atoms with Gasteiger partial charge in [0.1, 0.15) is 0 Å². The molecule has 0 saturated carbocycles. The van der Waals surface area contributed by atoms with Gasteiger partial charge in [-0.15, -0.1) is 0 Å². The van der Waals surface area contributed by atoms with Gasteiger partial charge in [-0.1, -0.05) is 94.4 Å². The van der Waals surface area contributed by atoms with Crippen molar-refractivity contribution in [2.24, 2.45) is 9.98 Å². The molecule has 0 N–H and O–H groups in total. The zero-order chi connectivity index (χ0) is 24.9. The summed E-state index contributed by atoms with van der Waals surface area (Å²) in [4.78, 5) is 10.5. The van der Waals surface area contributed by atoms with Crippen molar-refractivity contribution in [3.8, 4) is 0 Å². The maximum absolute atomic E-state index is 5.42. The Morgan fingerprint density at radius 3 is 1.85 bits per heavy atom. The Morgan fingerprint density at radius 1 is 0.794 bits per heavy atom. The van der Waals surface area contributed by atoms with Crippen molar-refractivity contribution < 1.29 is 10.9 Å². The molecule has 0 aliphatic carbocycles. The zero-order valence-corrected chi connectivity index (χ0v) is 24.7. The fourth-order valence-corrected chi connectivity index (χ4v) is 4.44. The van der Waals surface area contributed by atoms with Gasteiger partial charge < -0.3 is 0 Å². The van der Waals surface area contributed by atoms with Crippen molar-refractivity contribution in [1.82, 2.24) is 0 Å². The second-order valence-corrected chi connectivity index (χ2v) is 14.6. The molecule has 3 aromatic rings. The van der Waals surface area contributed by atoms with Crippen molar-refractivity contribution >= 4 is 51.2 Å². The summed E-state index contributed by atoms with van der Waals surface area (Å²) in [7, 11) is 1.25. The predicted octanol–water partition coefficient (Wildman–Crippen LogP) is 9.81. The number of hydrogen-bond acceptors (Lipinski definition) is 2. The topological polar surface area (TPSA) is 24.7 Å². The molecule has 0 amide bonds. The molecular weight excluding hydrogens is 595 g/mol. The van der Waals surface area contributed by atoms with Crippen molar-refractivity contribution in [1.29, 1.82) is 0 Å². The Labute approximate surface area is 224 Å². The summed E-state index contributed by atoms with van der Waals surface area (Å²) in [5, 5.41) is 0. The molecule has 1 aliphatic rings. The predicted molar refractivity (Wildman–Crippen MR) is 152 cm³/mol. The summed E-state index contributed by atoms with van der Waals surface area (Å²) in [5.41, 5.74) is 8.88. The van der Waals surface area contributed by atoms with Crippen LogP contribution in [0.15, 0.2) is 82.8 Å². The fraction of sp³-hybridized carbons (Fsp3) is 0.310. The molecule has 0 fully saturated rings. The molecule has 0 bridgehead atoms. The van der Waals surface area contributed by atoms with Gasteiger partial charge in [0.2, 0.25) is 0 Å². The van der Waals surface area contributed by atoms with E-state index in [1.54, 1.807) is 0 Å². The number of para-hydroxylation sites is 2. The first-order valence-corrected chi connectivity index (χ1v) is 16.4. The first-order valence-electron chi connectivity index (χ1n) is 11.5. The third kappa shape index (κ3) is 5.81. The van der Waals surface area contributed by atoms with E-state index >= 15 is 0 Å². The Balaban J connectivity index is 0.00000103. The minimum atomic E-state index is -0.212. The van der Waals surface area contributed by atoms with Gasteiger partial charge in [0.05, 0.1) is 22.8 Å². The van der Waals surface area contributed by atoms with Crippen LogP contribution in [0.5, 0.6) is 0 Å². The number of benzene rings is 3. The van der Waals surface area contributed by atoms with E-state index in [2.05, 4.69) is 143 Å². The van der Waals surface area contributed by atoms with Gasteiger partial charge in [0.15, 0.2) is 0 Å². The molecule has 3 aromatic carbocycles. The summed E-state index contributed by atoms with van der Waals surface area (Å²) in [6.45, 7) is 13.5. The molecular formula is C29H32Br2N2Ni. The monoisotopic (exact) mass is 624 g/mol. The van der Waals surface area contributed by atoms with E-state index in [4.69, 9.17) is 9.98 Å². The van der Waals surface area contributed by atoms with Crippen molar-refractivity contribution in [3.63, 3.8) is 0 Å². The third-order valence-corrected chi connectivity index (χ3v) is 6.24. The number of aliphatic imine (C=N–C) groups is 2. The molecule has 0 radical (unpaired) electrons. The molecule has 4 rings (SSSR count). The van der Waals surface area contributed by atoms with Gasteiger partial charge in [0, 0.05) is 11.0 Å². The molecule has 1 aliphatic heterocycles. The SMILES string of the molecule is CC(C)c1cccc(C(C)C)c1N=C(C1=Nc2ccccc2C1(C)C)c1ccccc1.[Br][Ni][Br]. The van der Waals surface area contributed by atoms with E-state index in [-0.39, 0.29) is 5.41 Å². The molecule has 1 heterocycles. The van der Waals surface area contributed by atoms with E-state index in [0.717, 1.165) is 28.4 Å². The second-order valence-electron chi connectivity index (χ2n) is 9.57. The molecule has 0 saturated heterocycles. The standard InChI is InChI=1S/C29H32N2.2BrH.Ni/c1-19(2)22-15-12-16-23(20(3)4)27(22)31-26(21-13-8-7-9-14-21)28-29(5,6)24-17-10-11-18-25(24)30-28;;;/h7-20H,1-6H3;2*1H;/q;;;+2/p-2. The van der Waals surface area contributed by atoms with Gasteiger partial charge in [-0.25, -0.2) is 9.98 Å². The minimum absolute atomic E-state index is 0.212. The van der Waals surface area contributed by atoms with Gasteiger partial charge in [-0.2, -0.15) is 0 Å². The van der Waals surface area contributed by atoms with Crippen LogP contribution in [0.3, 0.4) is 0 Å². The second kappa shape index (κ2) is 11.9. The van der Waals surface area contributed by atoms with Crippen LogP contribution in [-0.2, 0) is 16.3 Å². The van der Waals surface area contributed by atoms with Crippen molar-refractivity contribution in [2.75, 3.05) is 0 Å². The first kappa shape index (κ1) is 27.0. The Kier molecular flexibility index (Phi) is 9.49. The number of fused-ring (bicyclic) bond motifs is 1. The van der Waals surface area contributed by atoms with E-state index in [0.29, 0.717) is 11.8 Å². The summed E-state index contributed by atoms with van der Waals surface area (Å²) < 4.78 is 0. The van der Waals surface area contributed by atoms with E-state index in [9.17, 15) is 0 Å². The van der Waals surface area contributed by atoms with Crippen LogP contribution < -0.4 is 0 Å². The summed E-state index contributed by atoms with van der Waals surface area (Å²) in [5.74, 6) is 0.787. The van der Waals surface area contributed by atoms with E-state index < -0.39 is 0 Å². The maximum atomic E-state index is 5.42. The molecule has 0 atom stereocenters. The average molecular weight is 627 g/mol. The quantitative estimate of drug-likeness (QED) is 0.199. The van der Waals surface area contributed by atoms with Crippen LogP contribution in [0.4, 0.5) is 11.4 Å². The third-order valence-electron chi connectivity index (χ3n) is 6.24. The van der Waals surface area contributed by atoms with Gasteiger partial charge in [-0.3, -0.25) is 0 Å². The first-order chi connectivity index (χ1) is 16.2. The Bertz CT molecular complexity index is 1160. The molecule has 0 aromatic heterocycles. The normalized spacial score (nSPS) is 14.6. The average Bonchev–Trinajstić information content (AvgIpc) is 3.08. The van der Waals surface area contributed by atoms with Crippen LogP contribution in [0.1, 0.15) is 75.6 Å². The number of hydrogen-bond donors (Lipinski definition) is 0. The van der Waals surface area contributed by atoms with Gasteiger partial charge in [0.25, 0.3) is 0 Å². The zero-order valence-electron chi connectivity index (χ0n) is 20.5. The Morgan fingerprint density at radius 2 is 1.32 bits per heavy atom. The Hall–Kier alpha value is -1.55. The number of halogens is 2. The molecule has 5 heteroatoms. The van der Waals surface area contributed by atoms with Gasteiger partial charge >= 0.3 is 39.3 Å². The number of nitrogens with zero attached hydrogens (tertiary/aromatic N) is 2. The van der Waals surface area contributed by atoms with E-state index in [1.807, 2.05) is 0 Å². The van der Waals surface area contributed by atoms with E-state index in [1.165, 1.54) is 27.6 Å². The van der Waals surface area contributed by atoms with Crippen LogP contribution >= 0.6 is 28.5 Å². The number of rotatable bonds is 5. The molecule has 182 valence electrons. The van der Waals surface area contributed by atoms with Crippen LogP contribution in [0.25, 0.3) is 0 Å². The van der Waals surface area contributed by atoms with Crippen LogP contribution in [0, 0.1) is 0 Å². The molecule has 34 heavy (non-hydrogen) atoms. The molecule has 0 unspecified atom stereocenters. The summed E-state index contributed by atoms with van der Waals surface area (Å²) in [6, 6.07) is 25.6. The van der Waals surface area contributed by atoms with Crippen LogP contribution in [-0.4, -0.2) is 11.4 Å². The van der Waals surface area contributed by atoms with Gasteiger partial charge in [-0.05, 0) is 48.4 Å². The summed E-state index contributed by atoms with van der Waals surface area (Å²) >= 11 is 6.00. The van der Waals surface area contributed by atoms with Crippen LogP contribution in [0.2, 0.25) is 0 Å². The van der Waals surface area contributed by atoms with Crippen molar-refractivity contribution in [2.45, 2.75) is 58.8 Å². The fourth-order valence-electron chi connectivity index (χ4n) is 4.44. The molecule has 0 spiro atoms. The molecule has 2 nitrogen and oxygen atoms in total. The summed E-state index contributed by atoms with van der Waals surface area (Å²) in [6.07, 6.45) is 0.